The molecule has 1 aromatic heterocycles. The predicted molar refractivity (Wildman–Crippen MR) is 172 cm³/mol. The second-order valence-corrected chi connectivity index (χ2v) is 13.1. The van der Waals surface area contributed by atoms with E-state index in [4.69, 9.17) is 13.9 Å². The molecule has 6 rings (SSSR count). The quantitative estimate of drug-likeness (QED) is 0.193. The Hall–Kier alpha value is -3.82. The summed E-state index contributed by atoms with van der Waals surface area (Å²) in [5, 5.41) is 3.55. The number of amides is 1. The highest BCUT2D eigenvalue weighted by Crippen LogP contribution is 2.35. The number of nitrogens with zero attached hydrogens (tertiary/aromatic N) is 2. The van der Waals surface area contributed by atoms with E-state index in [1.807, 2.05) is 84.2 Å². The van der Waals surface area contributed by atoms with Crippen LogP contribution in [-0.2, 0) is 25.5 Å². The molecule has 1 amide bonds. The summed E-state index contributed by atoms with van der Waals surface area (Å²) in [5.74, 6) is -0.0764. The first-order chi connectivity index (χ1) is 21.4. The first-order valence-corrected chi connectivity index (χ1v) is 16.3. The Morgan fingerprint density at radius 3 is 2.57 bits per heavy atom. The number of ether oxygens (including phenoxy) is 2. The minimum atomic E-state index is -0.126. The minimum Gasteiger partial charge on any atom is -0.469 e. The van der Waals surface area contributed by atoms with Crippen LogP contribution in [0.5, 0.6) is 0 Å². The second kappa shape index (κ2) is 13.9. The van der Waals surface area contributed by atoms with Crippen LogP contribution in [0.2, 0.25) is 0 Å². The number of hydrogen-bond acceptors (Lipinski definition) is 8. The number of likely N-dealkylation sites (tertiary alicyclic amines) is 1. The zero-order valence-electron chi connectivity index (χ0n) is 25.2. The molecule has 230 valence electrons. The van der Waals surface area contributed by atoms with E-state index in [0.29, 0.717) is 24.7 Å². The summed E-state index contributed by atoms with van der Waals surface area (Å²) in [4.78, 5) is 33.5. The molecule has 2 heterocycles. The number of hydrogen-bond donors (Lipinski definition) is 1. The van der Waals surface area contributed by atoms with E-state index in [9.17, 15) is 9.59 Å². The van der Waals surface area contributed by atoms with Gasteiger partial charge in [0.25, 0.3) is 6.01 Å². The molecule has 2 aliphatic rings. The van der Waals surface area contributed by atoms with Gasteiger partial charge >= 0.3 is 5.97 Å². The third-order valence-electron chi connectivity index (χ3n) is 8.67. The maximum absolute atomic E-state index is 13.8. The average molecular weight is 614 g/mol. The van der Waals surface area contributed by atoms with Gasteiger partial charge in [-0.1, -0.05) is 42.5 Å². The number of esters is 1. The van der Waals surface area contributed by atoms with Crippen LogP contribution in [0, 0.1) is 12.8 Å². The molecule has 0 spiro atoms. The zero-order chi connectivity index (χ0) is 30.5. The van der Waals surface area contributed by atoms with Gasteiger partial charge in [0, 0.05) is 22.4 Å². The predicted octanol–water partition coefficient (Wildman–Crippen LogP) is 6.93. The van der Waals surface area contributed by atoms with Gasteiger partial charge in [-0.15, -0.1) is 11.8 Å². The van der Waals surface area contributed by atoms with E-state index < -0.39 is 0 Å². The molecule has 1 aliphatic carbocycles. The Morgan fingerprint density at radius 1 is 1.02 bits per heavy atom. The third kappa shape index (κ3) is 7.27. The monoisotopic (exact) mass is 613 g/mol. The molecular weight excluding hydrogens is 574 g/mol. The number of anilines is 2. The lowest BCUT2D eigenvalue weighted by Crippen LogP contribution is -2.40. The number of aryl methyl sites for hydroxylation is 1. The average Bonchev–Trinajstić information content (AvgIpc) is 3.64. The van der Waals surface area contributed by atoms with E-state index in [1.165, 1.54) is 12.0 Å². The maximum atomic E-state index is 13.8. The summed E-state index contributed by atoms with van der Waals surface area (Å²) in [6, 6.07) is 24.6. The van der Waals surface area contributed by atoms with Crippen molar-refractivity contribution in [3.05, 3.63) is 83.9 Å². The van der Waals surface area contributed by atoms with E-state index in [0.717, 1.165) is 54.4 Å². The molecule has 2 fully saturated rings. The first-order valence-electron chi connectivity index (χ1n) is 15.4. The minimum absolute atomic E-state index is 0.000896. The Morgan fingerprint density at radius 2 is 1.80 bits per heavy atom. The molecule has 44 heavy (non-hydrogen) atoms. The Balaban J connectivity index is 1.11. The SMILES string of the molecule is COC(=O)C1CCC(OC[C@@H]2C[C@H](Sc3ccccc3)CN2C(=O)Cc2ccc3nc(Nc4ccccc4C)oc3c2)CC1. The first kappa shape index (κ1) is 30.2. The van der Waals surface area contributed by atoms with E-state index in [2.05, 4.69) is 22.4 Å². The van der Waals surface area contributed by atoms with Crippen LogP contribution in [0.25, 0.3) is 11.1 Å². The highest BCUT2D eigenvalue weighted by molar-refractivity contribution is 8.00. The zero-order valence-corrected chi connectivity index (χ0v) is 26.1. The van der Waals surface area contributed by atoms with Crippen molar-refractivity contribution in [3.63, 3.8) is 0 Å². The van der Waals surface area contributed by atoms with Crippen molar-refractivity contribution in [2.45, 2.75) is 67.7 Å². The van der Waals surface area contributed by atoms with E-state index >= 15 is 0 Å². The molecule has 1 aliphatic heterocycles. The third-order valence-corrected chi connectivity index (χ3v) is 9.89. The van der Waals surface area contributed by atoms with Gasteiger partial charge in [-0.3, -0.25) is 9.59 Å². The molecule has 4 aromatic rings. The number of carbonyl (C=O) groups is 2. The summed E-state index contributed by atoms with van der Waals surface area (Å²) in [7, 11) is 1.45. The number of aromatic nitrogens is 1. The van der Waals surface area contributed by atoms with Gasteiger partial charge in [-0.05, 0) is 80.5 Å². The molecule has 1 saturated carbocycles. The van der Waals surface area contributed by atoms with Crippen molar-refractivity contribution < 1.29 is 23.5 Å². The van der Waals surface area contributed by atoms with Crippen LogP contribution >= 0.6 is 11.8 Å². The van der Waals surface area contributed by atoms with Crippen LogP contribution < -0.4 is 5.32 Å². The van der Waals surface area contributed by atoms with Crippen LogP contribution in [-0.4, -0.2) is 59.4 Å². The fraction of sp³-hybridized carbons (Fsp3) is 0.400. The van der Waals surface area contributed by atoms with Crippen molar-refractivity contribution in [3.8, 4) is 0 Å². The molecule has 1 N–H and O–H groups in total. The van der Waals surface area contributed by atoms with Crippen molar-refractivity contribution in [2.24, 2.45) is 5.92 Å². The number of thioether (sulfide) groups is 1. The summed E-state index contributed by atoms with van der Waals surface area (Å²) >= 11 is 1.83. The van der Waals surface area contributed by atoms with Crippen LogP contribution in [0.15, 0.2) is 82.1 Å². The standard InChI is InChI=1S/C35H39N3O5S/c1-23-8-6-7-11-30(23)36-35-37-31-17-12-24(18-32(31)43-35)19-33(39)38-21-29(44-28-9-4-3-5-10-28)20-26(38)22-42-27-15-13-25(14-16-27)34(40)41-2/h3-12,17-18,25-27,29H,13-16,19-22H2,1-2H3,(H,36,37)/t25?,26-,27?,29-/m0/s1. The van der Waals surface area contributed by atoms with Gasteiger partial charge in [-0.2, -0.15) is 4.98 Å². The number of rotatable bonds is 10. The molecule has 2 atom stereocenters. The number of nitrogens with one attached hydrogen (secondary N) is 1. The highest BCUT2D eigenvalue weighted by atomic mass is 32.2. The highest BCUT2D eigenvalue weighted by Gasteiger charge is 2.37. The van der Waals surface area contributed by atoms with Crippen molar-refractivity contribution in [1.82, 2.24) is 9.88 Å². The van der Waals surface area contributed by atoms with Gasteiger partial charge in [0.2, 0.25) is 5.91 Å². The number of fused-ring (bicyclic) bond motifs is 1. The second-order valence-electron chi connectivity index (χ2n) is 11.8. The Bertz CT molecular complexity index is 1580. The summed E-state index contributed by atoms with van der Waals surface area (Å²) < 4.78 is 17.3. The Labute approximate surface area is 262 Å². The van der Waals surface area contributed by atoms with Gasteiger partial charge in [-0.25, -0.2) is 0 Å². The van der Waals surface area contributed by atoms with Crippen molar-refractivity contribution in [2.75, 3.05) is 25.6 Å². The normalized spacial score (nSPS) is 21.8. The fourth-order valence-electron chi connectivity index (χ4n) is 6.23. The maximum Gasteiger partial charge on any atom is 0.308 e. The molecular formula is C35H39N3O5S. The molecule has 1 saturated heterocycles. The molecule has 9 heteroatoms. The fourth-order valence-corrected chi connectivity index (χ4v) is 7.48. The lowest BCUT2D eigenvalue weighted by molar-refractivity contribution is -0.148. The number of benzene rings is 3. The smallest absolute Gasteiger partial charge is 0.308 e. The summed E-state index contributed by atoms with van der Waals surface area (Å²) in [6.07, 6.45) is 4.48. The van der Waals surface area contributed by atoms with Crippen LogP contribution in [0.3, 0.4) is 0 Å². The number of para-hydroxylation sites is 1. The van der Waals surface area contributed by atoms with E-state index in [-0.39, 0.29) is 41.6 Å². The Kier molecular flexibility index (Phi) is 9.52. The topological polar surface area (TPSA) is 93.9 Å². The number of methoxy groups -OCH3 is 1. The molecule has 0 bridgehead atoms. The van der Waals surface area contributed by atoms with Gasteiger partial charge in [0.05, 0.1) is 38.2 Å². The van der Waals surface area contributed by atoms with Crippen molar-refractivity contribution in [1.29, 1.82) is 0 Å². The molecule has 0 radical (unpaired) electrons. The number of carbonyl (C=O) groups excluding carboxylic acids is 2. The lowest BCUT2D eigenvalue weighted by Gasteiger charge is -2.30. The molecule has 8 nitrogen and oxygen atoms in total. The molecule has 0 unspecified atom stereocenters. The van der Waals surface area contributed by atoms with Crippen LogP contribution in [0.4, 0.5) is 11.7 Å². The van der Waals surface area contributed by atoms with E-state index in [1.54, 1.807) is 0 Å². The van der Waals surface area contributed by atoms with Gasteiger partial charge in [0.15, 0.2) is 5.58 Å². The lowest BCUT2D eigenvalue weighted by atomic mass is 9.87. The largest absolute Gasteiger partial charge is 0.469 e. The summed E-state index contributed by atoms with van der Waals surface area (Å²) in [6.45, 7) is 3.21. The molecule has 3 aromatic carbocycles. The van der Waals surface area contributed by atoms with Gasteiger partial charge in [0.1, 0.15) is 5.52 Å². The van der Waals surface area contributed by atoms with Crippen molar-refractivity contribution >= 4 is 46.4 Å². The van der Waals surface area contributed by atoms with Gasteiger partial charge < -0.3 is 24.1 Å². The number of oxazole rings is 1. The summed E-state index contributed by atoms with van der Waals surface area (Å²) in [5.41, 5.74) is 4.32. The van der Waals surface area contributed by atoms with Crippen LogP contribution in [0.1, 0.15) is 43.2 Å².